The number of hydrogen-bond acceptors (Lipinski definition) is 3. The van der Waals surface area contributed by atoms with Gasteiger partial charge in [0, 0.05) is 31.2 Å². The van der Waals surface area contributed by atoms with Crippen LogP contribution in [0.2, 0.25) is 0 Å². The molecule has 0 aliphatic heterocycles. The van der Waals surface area contributed by atoms with Crippen molar-refractivity contribution in [3.63, 3.8) is 0 Å². The van der Waals surface area contributed by atoms with Crippen molar-refractivity contribution in [2.75, 3.05) is 7.05 Å². The Hall–Kier alpha value is -1.16. The first-order chi connectivity index (χ1) is 6.66. The first kappa shape index (κ1) is 10.9. The van der Waals surface area contributed by atoms with E-state index in [-0.39, 0.29) is 0 Å². The minimum Gasteiger partial charge on any atom is -0.393 e. The minimum absolute atomic E-state index is 0.435. The highest BCUT2D eigenvalue weighted by Crippen LogP contribution is 2.15. The first-order valence-electron chi connectivity index (χ1n) is 4.19. The lowest BCUT2D eigenvalue weighted by Crippen LogP contribution is -2.05. The topological polar surface area (TPSA) is 48.8 Å². The predicted molar refractivity (Wildman–Crippen MR) is 61.9 cm³/mol. The second kappa shape index (κ2) is 4.91. The van der Waals surface area contributed by atoms with E-state index >= 15 is 0 Å². The van der Waals surface area contributed by atoms with E-state index in [1.54, 1.807) is 25.6 Å². The Morgan fingerprint density at radius 2 is 2.36 bits per heavy atom. The molecule has 2 N–H and O–H groups in total. The summed E-state index contributed by atoms with van der Waals surface area (Å²) in [7, 11) is 1.80. The van der Waals surface area contributed by atoms with Gasteiger partial charge in [-0.15, -0.1) is 0 Å². The highest BCUT2D eigenvalue weighted by atomic mass is 79.9. The molecular weight excluding hydrogens is 242 g/mol. The van der Waals surface area contributed by atoms with Crippen LogP contribution in [-0.4, -0.2) is 17.7 Å². The van der Waals surface area contributed by atoms with Crippen LogP contribution in [0.1, 0.15) is 11.1 Å². The highest BCUT2D eigenvalue weighted by Gasteiger charge is 2.07. The van der Waals surface area contributed by atoms with Crippen LogP contribution in [0.5, 0.6) is 0 Å². The summed E-state index contributed by atoms with van der Waals surface area (Å²) < 4.78 is 0.719. The van der Waals surface area contributed by atoms with Crippen molar-refractivity contribution in [1.29, 1.82) is 5.41 Å². The van der Waals surface area contributed by atoms with Crippen molar-refractivity contribution in [3.05, 3.63) is 40.3 Å². The summed E-state index contributed by atoms with van der Waals surface area (Å²) in [5, 5.41) is 10.8. The summed E-state index contributed by atoms with van der Waals surface area (Å²) in [6.45, 7) is 1.96. The van der Waals surface area contributed by atoms with Crippen molar-refractivity contribution in [1.82, 2.24) is 10.3 Å². The number of aryl methyl sites for hydroxylation is 1. The zero-order valence-electron chi connectivity index (χ0n) is 8.13. The molecule has 0 fully saturated rings. The fourth-order valence-electron chi connectivity index (χ4n) is 1.05. The number of nitrogens with zero attached hydrogens (tertiary/aromatic N) is 1. The molecule has 3 nitrogen and oxygen atoms in total. The van der Waals surface area contributed by atoms with E-state index in [2.05, 4.69) is 26.2 Å². The van der Waals surface area contributed by atoms with Gasteiger partial charge in [-0.1, -0.05) is 0 Å². The molecule has 14 heavy (non-hydrogen) atoms. The van der Waals surface area contributed by atoms with Crippen LogP contribution >= 0.6 is 15.9 Å². The van der Waals surface area contributed by atoms with Gasteiger partial charge in [0.25, 0.3) is 0 Å². The summed E-state index contributed by atoms with van der Waals surface area (Å²) in [4.78, 5) is 4.00. The Morgan fingerprint density at radius 1 is 1.64 bits per heavy atom. The Kier molecular flexibility index (Phi) is 3.83. The summed E-state index contributed by atoms with van der Waals surface area (Å²) >= 11 is 3.32. The Labute approximate surface area is 91.9 Å². The number of nitrogens with one attached hydrogen (secondary N) is 2. The van der Waals surface area contributed by atoms with Gasteiger partial charge >= 0.3 is 0 Å². The lowest BCUT2D eigenvalue weighted by Gasteiger charge is -2.05. The maximum absolute atomic E-state index is 7.88. The number of allylic oxidation sites excluding steroid dienone is 1. The predicted octanol–water partition coefficient (Wildman–Crippen LogP) is 2.21. The van der Waals surface area contributed by atoms with Crippen molar-refractivity contribution in [2.24, 2.45) is 0 Å². The second-order valence-corrected chi connectivity index (χ2v) is 3.70. The molecule has 1 aromatic rings. The summed E-state index contributed by atoms with van der Waals surface area (Å²) in [5.74, 6) is 0. The summed E-state index contributed by atoms with van der Waals surface area (Å²) in [6.07, 6.45) is 5.15. The Balaban J connectivity index is 3.01. The zero-order valence-corrected chi connectivity index (χ0v) is 9.72. The standard InChI is InChI=1S/C10H12BrN3/c1-7-3-4-14-5-8(7)10(12)9(11)6-13-2/h3-6,12-13H,1-2H3/b9-6+,12-10?. The van der Waals surface area contributed by atoms with Crippen molar-refractivity contribution < 1.29 is 0 Å². The Morgan fingerprint density at radius 3 is 2.93 bits per heavy atom. The monoisotopic (exact) mass is 253 g/mol. The molecule has 1 rings (SSSR count). The molecule has 0 saturated carbocycles. The van der Waals surface area contributed by atoms with Gasteiger partial charge in [-0.3, -0.25) is 10.4 Å². The van der Waals surface area contributed by atoms with Gasteiger partial charge in [0.1, 0.15) is 0 Å². The molecule has 4 heteroatoms. The molecule has 0 aliphatic carbocycles. The molecule has 1 aromatic heterocycles. The third-order valence-electron chi connectivity index (χ3n) is 1.82. The quantitative estimate of drug-likeness (QED) is 0.812. The van der Waals surface area contributed by atoms with Crippen molar-refractivity contribution in [3.8, 4) is 0 Å². The molecule has 0 saturated heterocycles. The summed E-state index contributed by atoms with van der Waals surface area (Å²) in [5.41, 5.74) is 2.32. The Bertz CT molecular complexity index is 371. The molecule has 0 spiro atoms. The SMILES string of the molecule is CN/C=C(/Br)C(=N)c1cnccc1C. The third kappa shape index (κ3) is 2.42. The molecular formula is C10H12BrN3. The molecule has 0 unspecified atom stereocenters. The van der Waals surface area contributed by atoms with Gasteiger partial charge in [-0.25, -0.2) is 0 Å². The van der Waals surface area contributed by atoms with Crippen LogP contribution in [0.25, 0.3) is 0 Å². The normalized spacial score (nSPS) is 11.2. The van der Waals surface area contributed by atoms with Crippen LogP contribution in [0, 0.1) is 12.3 Å². The minimum atomic E-state index is 0.435. The highest BCUT2D eigenvalue weighted by molar-refractivity contribution is 9.12. The molecule has 0 bridgehead atoms. The molecule has 0 aromatic carbocycles. The number of halogens is 1. The van der Waals surface area contributed by atoms with E-state index in [0.717, 1.165) is 15.6 Å². The average molecular weight is 254 g/mol. The van der Waals surface area contributed by atoms with E-state index in [9.17, 15) is 0 Å². The van der Waals surface area contributed by atoms with Gasteiger partial charge in [0.05, 0.1) is 10.2 Å². The smallest absolute Gasteiger partial charge is 0.0787 e. The van der Waals surface area contributed by atoms with Gasteiger partial charge in [0.15, 0.2) is 0 Å². The zero-order chi connectivity index (χ0) is 10.6. The molecule has 0 radical (unpaired) electrons. The van der Waals surface area contributed by atoms with Crippen LogP contribution in [0.15, 0.2) is 29.1 Å². The van der Waals surface area contributed by atoms with Crippen LogP contribution in [-0.2, 0) is 0 Å². The van der Waals surface area contributed by atoms with Gasteiger partial charge in [-0.05, 0) is 34.5 Å². The first-order valence-corrected chi connectivity index (χ1v) is 4.99. The van der Waals surface area contributed by atoms with Gasteiger partial charge in [0.2, 0.25) is 0 Å². The lowest BCUT2D eigenvalue weighted by atomic mass is 10.1. The van der Waals surface area contributed by atoms with Crippen LogP contribution in [0.4, 0.5) is 0 Å². The number of pyridine rings is 1. The second-order valence-electron chi connectivity index (χ2n) is 2.85. The van der Waals surface area contributed by atoms with E-state index in [0.29, 0.717) is 5.71 Å². The molecule has 0 amide bonds. The largest absolute Gasteiger partial charge is 0.393 e. The molecule has 1 heterocycles. The van der Waals surface area contributed by atoms with Gasteiger partial charge < -0.3 is 5.32 Å². The molecule has 0 atom stereocenters. The number of aromatic nitrogens is 1. The van der Waals surface area contributed by atoms with Crippen LogP contribution < -0.4 is 5.32 Å². The third-order valence-corrected chi connectivity index (χ3v) is 2.44. The van der Waals surface area contributed by atoms with Crippen LogP contribution in [0.3, 0.4) is 0 Å². The maximum atomic E-state index is 7.88. The van der Waals surface area contributed by atoms with Gasteiger partial charge in [-0.2, -0.15) is 0 Å². The molecule has 0 aliphatic rings. The fraction of sp³-hybridized carbons (Fsp3) is 0.200. The van der Waals surface area contributed by atoms with E-state index in [4.69, 9.17) is 5.41 Å². The van der Waals surface area contributed by atoms with E-state index in [1.165, 1.54) is 0 Å². The molecule has 74 valence electrons. The van der Waals surface area contributed by atoms with Crippen molar-refractivity contribution >= 4 is 21.6 Å². The fourth-order valence-corrected chi connectivity index (χ4v) is 1.50. The lowest BCUT2D eigenvalue weighted by molar-refractivity contribution is 1.10. The average Bonchev–Trinajstić information content (AvgIpc) is 2.18. The maximum Gasteiger partial charge on any atom is 0.0787 e. The van der Waals surface area contributed by atoms with E-state index < -0.39 is 0 Å². The van der Waals surface area contributed by atoms with E-state index in [1.807, 2.05) is 13.0 Å². The summed E-state index contributed by atoms with van der Waals surface area (Å²) in [6, 6.07) is 1.89. The number of rotatable bonds is 3. The number of hydrogen-bond donors (Lipinski definition) is 2. The van der Waals surface area contributed by atoms with Crippen molar-refractivity contribution in [2.45, 2.75) is 6.92 Å².